The van der Waals surface area contributed by atoms with Crippen molar-refractivity contribution in [2.45, 2.75) is 37.4 Å². The first kappa shape index (κ1) is 23.2. The summed E-state index contributed by atoms with van der Waals surface area (Å²) in [5.74, 6) is 1.19. The molecule has 3 heterocycles. The van der Waals surface area contributed by atoms with Crippen molar-refractivity contribution >= 4 is 16.5 Å². The normalized spacial score (nSPS) is 21.8. The minimum atomic E-state index is -0.819. The van der Waals surface area contributed by atoms with Crippen LogP contribution < -0.4 is 9.47 Å². The minimum absolute atomic E-state index is 0.0412. The van der Waals surface area contributed by atoms with Gasteiger partial charge in [-0.05, 0) is 56.2 Å². The molecule has 9 heteroatoms. The monoisotopic (exact) mass is 502 g/mol. The van der Waals surface area contributed by atoms with Crippen LogP contribution in [-0.2, 0) is 15.9 Å². The molecule has 2 aliphatic heterocycles. The molecule has 0 aliphatic carbocycles. The second kappa shape index (κ2) is 8.14. The lowest BCUT2D eigenvalue weighted by atomic mass is 9.78. The highest BCUT2D eigenvalue weighted by molar-refractivity contribution is 5.97. The maximum atomic E-state index is 11.6. The van der Waals surface area contributed by atoms with Crippen molar-refractivity contribution in [1.82, 2.24) is 4.57 Å². The molecule has 1 saturated heterocycles. The summed E-state index contributed by atoms with van der Waals surface area (Å²) in [6.45, 7) is 2.26. The molecule has 0 spiro atoms. The van der Waals surface area contributed by atoms with E-state index in [0.29, 0.717) is 59.2 Å². The third kappa shape index (κ3) is 3.34. The van der Waals surface area contributed by atoms with E-state index in [1.807, 2.05) is 31.2 Å². The Labute approximate surface area is 212 Å². The Bertz CT molecular complexity index is 1540. The Balaban J connectivity index is 1.40. The minimum Gasteiger partial charge on any atom is -0.497 e. The largest absolute Gasteiger partial charge is 0.497 e. The van der Waals surface area contributed by atoms with Gasteiger partial charge in [0, 0.05) is 17.9 Å². The number of nitro benzene ring substituents is 1. The first-order valence-corrected chi connectivity index (χ1v) is 12.1. The Morgan fingerprint density at radius 2 is 1.65 bits per heavy atom. The Hall–Kier alpha value is -4.24. The van der Waals surface area contributed by atoms with Gasteiger partial charge in [0.05, 0.1) is 46.4 Å². The van der Waals surface area contributed by atoms with Gasteiger partial charge in [0.2, 0.25) is 11.8 Å². The maximum absolute atomic E-state index is 11.6. The fourth-order valence-corrected chi connectivity index (χ4v) is 5.96. The zero-order chi connectivity index (χ0) is 25.9. The van der Waals surface area contributed by atoms with Gasteiger partial charge in [0.1, 0.15) is 17.1 Å². The van der Waals surface area contributed by atoms with Crippen LogP contribution in [0.4, 0.5) is 5.69 Å². The van der Waals surface area contributed by atoms with Crippen LogP contribution in [0, 0.1) is 10.1 Å². The highest BCUT2D eigenvalue weighted by Crippen LogP contribution is 2.65. The fourth-order valence-electron chi connectivity index (χ4n) is 5.96. The number of fused-ring (bicyclic) bond motifs is 6. The lowest BCUT2D eigenvalue weighted by Gasteiger charge is -2.26. The summed E-state index contributed by atoms with van der Waals surface area (Å²) in [5, 5.41) is 35.5. The van der Waals surface area contributed by atoms with E-state index in [-0.39, 0.29) is 17.4 Å². The van der Waals surface area contributed by atoms with E-state index in [2.05, 4.69) is 0 Å². The van der Waals surface area contributed by atoms with Crippen molar-refractivity contribution in [1.29, 1.82) is 0 Å². The molecule has 2 bridgehead atoms. The van der Waals surface area contributed by atoms with Crippen LogP contribution >= 0.6 is 0 Å². The van der Waals surface area contributed by atoms with E-state index < -0.39 is 16.1 Å². The van der Waals surface area contributed by atoms with Crippen LogP contribution in [0.15, 0.2) is 60.7 Å². The Morgan fingerprint density at radius 1 is 0.973 bits per heavy atom. The summed E-state index contributed by atoms with van der Waals surface area (Å²) in [5.41, 5.74) is -0.0554. The van der Waals surface area contributed by atoms with Crippen molar-refractivity contribution in [3.63, 3.8) is 0 Å². The van der Waals surface area contributed by atoms with Gasteiger partial charge in [-0.2, -0.15) is 0 Å². The summed E-state index contributed by atoms with van der Waals surface area (Å²) in [7, 11) is 1.61. The molecule has 0 unspecified atom stereocenters. The molecule has 1 aromatic heterocycles. The molecule has 3 aromatic carbocycles. The predicted octanol–water partition coefficient (Wildman–Crippen LogP) is 5.66. The van der Waals surface area contributed by atoms with Crippen LogP contribution in [-0.4, -0.2) is 33.4 Å². The number of aromatic nitrogens is 1. The van der Waals surface area contributed by atoms with Gasteiger partial charge in [-0.15, -0.1) is 0 Å². The van der Waals surface area contributed by atoms with Crippen molar-refractivity contribution in [3.05, 3.63) is 81.9 Å². The molecule has 37 heavy (non-hydrogen) atoms. The summed E-state index contributed by atoms with van der Waals surface area (Å²) in [6, 6.07) is 17.2. The predicted molar refractivity (Wildman–Crippen MR) is 136 cm³/mol. The number of methoxy groups -OCH3 is 1. The number of rotatable bonds is 7. The van der Waals surface area contributed by atoms with Crippen molar-refractivity contribution in [2.75, 3.05) is 13.7 Å². The van der Waals surface area contributed by atoms with Crippen molar-refractivity contribution in [3.8, 4) is 28.9 Å². The fraction of sp³-hybridized carbons (Fsp3) is 0.286. The molecular weight excluding hydrogens is 476 g/mol. The van der Waals surface area contributed by atoms with Gasteiger partial charge in [0.15, 0.2) is 0 Å². The zero-order valence-electron chi connectivity index (χ0n) is 20.4. The molecule has 4 aromatic rings. The third-order valence-electron chi connectivity index (χ3n) is 7.68. The maximum Gasteiger partial charge on any atom is 0.277 e. The number of nitrogens with zero attached hydrogens (tertiary/aromatic N) is 2. The van der Waals surface area contributed by atoms with E-state index in [9.17, 15) is 20.3 Å². The highest BCUT2D eigenvalue weighted by atomic mass is 16.6. The summed E-state index contributed by atoms with van der Waals surface area (Å²) < 4.78 is 19.0. The lowest BCUT2D eigenvalue weighted by molar-refractivity contribution is -0.383. The Morgan fingerprint density at radius 3 is 2.35 bits per heavy atom. The summed E-state index contributed by atoms with van der Waals surface area (Å²) in [6.07, 6.45) is 1.82. The number of non-ortho nitro benzene ring substituents is 1. The molecule has 2 atom stereocenters. The van der Waals surface area contributed by atoms with Gasteiger partial charge >= 0.3 is 0 Å². The topological polar surface area (TPSA) is 116 Å². The van der Waals surface area contributed by atoms with Gasteiger partial charge in [-0.25, -0.2) is 0 Å². The van der Waals surface area contributed by atoms with Crippen LogP contribution in [0.5, 0.6) is 23.3 Å². The molecule has 0 radical (unpaired) electrons. The molecule has 190 valence electrons. The number of ether oxygens (including phenoxy) is 3. The van der Waals surface area contributed by atoms with Crippen LogP contribution in [0.2, 0.25) is 0 Å². The van der Waals surface area contributed by atoms with E-state index in [1.54, 1.807) is 37.4 Å². The van der Waals surface area contributed by atoms with E-state index in [4.69, 9.17) is 14.2 Å². The quantitative estimate of drug-likeness (QED) is 0.247. The second-order valence-corrected chi connectivity index (χ2v) is 9.74. The zero-order valence-corrected chi connectivity index (χ0v) is 20.4. The van der Waals surface area contributed by atoms with E-state index in [1.165, 1.54) is 10.6 Å². The highest BCUT2D eigenvalue weighted by Gasteiger charge is 2.61. The molecule has 1 fully saturated rings. The third-order valence-corrected chi connectivity index (χ3v) is 7.68. The SMILES string of the molecule is COc1ccc(OCC[C@@]23CC[C@@](C)(O2)c2c3c(O)n(-c3ccc([N+](=O)[O-])c4ccccc34)c2O)cc1. The van der Waals surface area contributed by atoms with Crippen LogP contribution in [0.3, 0.4) is 0 Å². The molecule has 0 saturated carbocycles. The first-order chi connectivity index (χ1) is 17.8. The van der Waals surface area contributed by atoms with Gasteiger partial charge in [-0.1, -0.05) is 18.2 Å². The second-order valence-electron chi connectivity index (χ2n) is 9.74. The number of aromatic hydroxyl groups is 2. The number of hydrogen-bond acceptors (Lipinski definition) is 7. The van der Waals surface area contributed by atoms with Gasteiger partial charge in [0.25, 0.3) is 5.69 Å². The Kier molecular flexibility index (Phi) is 5.10. The summed E-state index contributed by atoms with van der Waals surface area (Å²) >= 11 is 0. The number of hydrogen-bond donors (Lipinski definition) is 2. The standard InChI is InChI=1S/C28H26N2O7/c1-27-13-14-28(37-27,15-16-36-18-9-7-17(35-2)8-10-18)24-23(27)25(31)29(26(24)32)21-11-12-22(30(33)34)20-6-4-3-5-19(20)21/h3-12,31-32H,13-16H2,1-2H3/t27-,28-/m1/s1. The molecule has 9 nitrogen and oxygen atoms in total. The molecule has 0 amide bonds. The van der Waals surface area contributed by atoms with Crippen molar-refractivity contribution in [2.24, 2.45) is 0 Å². The van der Waals surface area contributed by atoms with Gasteiger partial charge < -0.3 is 24.4 Å². The number of nitro groups is 1. The molecule has 2 aliphatic rings. The van der Waals surface area contributed by atoms with Gasteiger partial charge in [-0.3, -0.25) is 14.7 Å². The lowest BCUT2D eigenvalue weighted by Crippen LogP contribution is -2.25. The average Bonchev–Trinajstić information content (AvgIpc) is 3.48. The van der Waals surface area contributed by atoms with Crippen LogP contribution in [0.1, 0.15) is 37.3 Å². The molecular formula is C28H26N2O7. The van der Waals surface area contributed by atoms with Crippen molar-refractivity contribution < 1.29 is 29.3 Å². The van der Waals surface area contributed by atoms with E-state index in [0.717, 1.165) is 5.75 Å². The first-order valence-electron chi connectivity index (χ1n) is 12.1. The smallest absolute Gasteiger partial charge is 0.277 e. The average molecular weight is 503 g/mol. The molecule has 6 rings (SSSR count). The summed E-state index contributed by atoms with van der Waals surface area (Å²) in [4.78, 5) is 11.2. The number of benzene rings is 3. The van der Waals surface area contributed by atoms with E-state index >= 15 is 0 Å². The van der Waals surface area contributed by atoms with Crippen LogP contribution in [0.25, 0.3) is 16.5 Å². The molecule has 2 N–H and O–H groups in total.